The summed E-state index contributed by atoms with van der Waals surface area (Å²) in [6.07, 6.45) is -0.810. The van der Waals surface area contributed by atoms with Crippen molar-refractivity contribution in [1.82, 2.24) is 0 Å². The molecule has 1 saturated carbocycles. The molecule has 2 aromatic carbocycles. The summed E-state index contributed by atoms with van der Waals surface area (Å²) in [4.78, 5) is 23.7. The minimum absolute atomic E-state index is 0.00949. The van der Waals surface area contributed by atoms with E-state index < -0.39 is 35.6 Å². The van der Waals surface area contributed by atoms with Crippen LogP contribution in [-0.4, -0.2) is 28.2 Å². The van der Waals surface area contributed by atoms with Gasteiger partial charge in [-0.1, -0.05) is 41.9 Å². The predicted molar refractivity (Wildman–Crippen MR) is 95.3 cm³/mol. The Hall–Kier alpha value is -2.44. The average molecular weight is 378 g/mol. The molecule has 2 aromatic rings. The topological polar surface area (TPSA) is 86.6 Å². The molecule has 0 spiro atoms. The van der Waals surface area contributed by atoms with Crippen molar-refractivity contribution in [2.24, 2.45) is 11.8 Å². The summed E-state index contributed by atoms with van der Waals surface area (Å²) >= 11 is 6.12. The first-order chi connectivity index (χ1) is 12.4. The number of amides is 1. The fraction of sp³-hybridized carbons (Fsp3) is 0.263. The minimum Gasteiger partial charge on any atom is -0.481 e. The first kappa shape index (κ1) is 18.4. The highest BCUT2D eigenvalue weighted by Crippen LogP contribution is 2.35. The SMILES string of the molecule is O=C(O)C1CC(O)CC1C(=O)Nc1cccc(-c2ccccc2Cl)c1F. The van der Waals surface area contributed by atoms with Gasteiger partial charge in [0, 0.05) is 16.1 Å². The third kappa shape index (κ3) is 3.57. The van der Waals surface area contributed by atoms with Gasteiger partial charge in [-0.05, 0) is 25.0 Å². The summed E-state index contributed by atoms with van der Waals surface area (Å²) in [5, 5.41) is 21.7. The number of aliphatic hydroxyl groups excluding tert-OH is 1. The molecule has 136 valence electrons. The number of carboxylic acids is 1. The second kappa shape index (κ2) is 7.43. The highest BCUT2D eigenvalue weighted by atomic mass is 35.5. The lowest BCUT2D eigenvalue weighted by Gasteiger charge is -2.16. The monoisotopic (exact) mass is 377 g/mol. The maximum Gasteiger partial charge on any atom is 0.307 e. The Morgan fingerprint density at radius 3 is 2.38 bits per heavy atom. The maximum atomic E-state index is 14.9. The maximum absolute atomic E-state index is 14.9. The van der Waals surface area contributed by atoms with E-state index in [1.165, 1.54) is 6.07 Å². The number of carbonyl (C=O) groups excluding carboxylic acids is 1. The number of benzene rings is 2. The van der Waals surface area contributed by atoms with Crippen molar-refractivity contribution in [3.63, 3.8) is 0 Å². The van der Waals surface area contributed by atoms with Crippen LogP contribution in [-0.2, 0) is 9.59 Å². The van der Waals surface area contributed by atoms with E-state index in [-0.39, 0.29) is 24.1 Å². The molecular formula is C19H17ClFNO4. The van der Waals surface area contributed by atoms with Crippen LogP contribution < -0.4 is 5.32 Å². The van der Waals surface area contributed by atoms with Gasteiger partial charge >= 0.3 is 5.97 Å². The number of nitrogens with one attached hydrogen (secondary N) is 1. The van der Waals surface area contributed by atoms with Gasteiger partial charge in [0.2, 0.25) is 5.91 Å². The molecule has 0 bridgehead atoms. The molecule has 1 amide bonds. The van der Waals surface area contributed by atoms with Crippen molar-refractivity contribution >= 4 is 29.2 Å². The Morgan fingerprint density at radius 2 is 1.69 bits per heavy atom. The smallest absolute Gasteiger partial charge is 0.307 e. The van der Waals surface area contributed by atoms with Crippen LogP contribution in [0.25, 0.3) is 11.1 Å². The van der Waals surface area contributed by atoms with Crippen LogP contribution in [0.4, 0.5) is 10.1 Å². The molecular weight excluding hydrogens is 361 g/mol. The van der Waals surface area contributed by atoms with Gasteiger partial charge in [0.25, 0.3) is 0 Å². The van der Waals surface area contributed by atoms with E-state index in [4.69, 9.17) is 11.6 Å². The van der Waals surface area contributed by atoms with Crippen LogP contribution >= 0.6 is 11.6 Å². The Balaban J connectivity index is 1.87. The zero-order chi connectivity index (χ0) is 18.8. The van der Waals surface area contributed by atoms with E-state index in [0.717, 1.165) is 0 Å². The Kier molecular flexibility index (Phi) is 5.25. The molecule has 5 nitrogen and oxygen atoms in total. The second-order valence-electron chi connectivity index (χ2n) is 6.31. The number of hydrogen-bond donors (Lipinski definition) is 3. The molecule has 1 aliphatic rings. The van der Waals surface area contributed by atoms with Gasteiger partial charge in [0.05, 0.1) is 23.6 Å². The van der Waals surface area contributed by atoms with Crippen molar-refractivity contribution in [2.75, 3.05) is 5.32 Å². The minimum atomic E-state index is -1.15. The molecule has 7 heteroatoms. The van der Waals surface area contributed by atoms with Gasteiger partial charge in [-0.3, -0.25) is 9.59 Å². The van der Waals surface area contributed by atoms with Crippen molar-refractivity contribution in [3.05, 3.63) is 53.3 Å². The molecule has 3 rings (SSSR count). The third-order valence-electron chi connectivity index (χ3n) is 4.61. The second-order valence-corrected chi connectivity index (χ2v) is 6.72. The molecule has 3 atom stereocenters. The van der Waals surface area contributed by atoms with Crippen LogP contribution in [0, 0.1) is 17.7 Å². The van der Waals surface area contributed by atoms with Crippen LogP contribution in [0.5, 0.6) is 0 Å². The standard InChI is InChI=1S/C19H17ClFNO4/c20-15-6-2-1-4-11(15)12-5-3-7-16(17(12)21)22-18(24)13-8-10(23)9-14(13)19(25)26/h1-7,10,13-14,23H,8-9H2,(H,22,24)(H,25,26). The summed E-state index contributed by atoms with van der Waals surface area (Å²) in [5.41, 5.74) is 0.662. The van der Waals surface area contributed by atoms with Crippen LogP contribution in [0.15, 0.2) is 42.5 Å². The molecule has 0 saturated heterocycles. The van der Waals surface area contributed by atoms with E-state index in [9.17, 15) is 24.2 Å². The highest BCUT2D eigenvalue weighted by molar-refractivity contribution is 6.33. The molecule has 0 aliphatic heterocycles. The van der Waals surface area contributed by atoms with Gasteiger partial charge in [-0.2, -0.15) is 0 Å². The van der Waals surface area contributed by atoms with Crippen molar-refractivity contribution in [1.29, 1.82) is 0 Å². The summed E-state index contributed by atoms with van der Waals surface area (Å²) in [7, 11) is 0. The number of anilines is 1. The van der Waals surface area contributed by atoms with Crippen LogP contribution in [0.1, 0.15) is 12.8 Å². The largest absolute Gasteiger partial charge is 0.481 e. The lowest BCUT2D eigenvalue weighted by molar-refractivity contribution is -0.145. The number of carboxylic acid groups (broad SMARTS) is 1. The number of hydrogen-bond acceptors (Lipinski definition) is 3. The molecule has 0 heterocycles. The van der Waals surface area contributed by atoms with Crippen LogP contribution in [0.3, 0.4) is 0 Å². The van der Waals surface area contributed by atoms with Crippen molar-refractivity contribution in [2.45, 2.75) is 18.9 Å². The summed E-state index contributed by atoms with van der Waals surface area (Å²) in [6, 6.07) is 11.3. The molecule has 1 fully saturated rings. The summed E-state index contributed by atoms with van der Waals surface area (Å²) < 4.78 is 14.9. The number of aliphatic carboxylic acids is 1. The Bertz CT molecular complexity index is 857. The lowest BCUT2D eigenvalue weighted by Crippen LogP contribution is -2.30. The highest BCUT2D eigenvalue weighted by Gasteiger charge is 2.42. The van der Waals surface area contributed by atoms with Crippen molar-refractivity contribution < 1.29 is 24.2 Å². The van der Waals surface area contributed by atoms with E-state index in [2.05, 4.69) is 5.32 Å². The normalized spacial score (nSPS) is 22.2. The zero-order valence-electron chi connectivity index (χ0n) is 13.7. The lowest BCUT2D eigenvalue weighted by atomic mass is 9.95. The molecule has 1 aliphatic carbocycles. The molecule has 3 unspecified atom stereocenters. The average Bonchev–Trinajstić information content (AvgIpc) is 3.00. The Labute approximate surface area is 154 Å². The van der Waals surface area contributed by atoms with Crippen molar-refractivity contribution in [3.8, 4) is 11.1 Å². The van der Waals surface area contributed by atoms with Gasteiger partial charge in [0.15, 0.2) is 5.82 Å². The quantitative estimate of drug-likeness (QED) is 0.760. The molecule has 26 heavy (non-hydrogen) atoms. The summed E-state index contributed by atoms with van der Waals surface area (Å²) in [5.74, 6) is -4.32. The fourth-order valence-electron chi connectivity index (χ4n) is 3.32. The van der Waals surface area contributed by atoms with E-state index >= 15 is 0 Å². The van der Waals surface area contributed by atoms with E-state index in [1.807, 2.05) is 0 Å². The van der Waals surface area contributed by atoms with Gasteiger partial charge in [0.1, 0.15) is 0 Å². The van der Waals surface area contributed by atoms with Crippen LogP contribution in [0.2, 0.25) is 5.02 Å². The number of halogens is 2. The first-order valence-electron chi connectivity index (χ1n) is 8.13. The molecule has 0 aromatic heterocycles. The molecule has 0 radical (unpaired) electrons. The van der Waals surface area contributed by atoms with Gasteiger partial charge in [-0.25, -0.2) is 4.39 Å². The molecule has 3 N–H and O–H groups in total. The number of carbonyl (C=O) groups is 2. The summed E-state index contributed by atoms with van der Waals surface area (Å²) in [6.45, 7) is 0. The zero-order valence-corrected chi connectivity index (χ0v) is 14.4. The first-order valence-corrected chi connectivity index (χ1v) is 8.51. The predicted octanol–water partition coefficient (Wildman–Crippen LogP) is 3.56. The number of aliphatic hydroxyl groups is 1. The Morgan fingerprint density at radius 1 is 1.04 bits per heavy atom. The van der Waals surface area contributed by atoms with Gasteiger partial charge < -0.3 is 15.5 Å². The fourth-order valence-corrected chi connectivity index (χ4v) is 3.55. The van der Waals surface area contributed by atoms with Gasteiger partial charge in [-0.15, -0.1) is 0 Å². The van der Waals surface area contributed by atoms with E-state index in [1.54, 1.807) is 36.4 Å². The third-order valence-corrected chi connectivity index (χ3v) is 4.94. The number of rotatable bonds is 4. The van der Waals surface area contributed by atoms with E-state index in [0.29, 0.717) is 10.6 Å².